The van der Waals surface area contributed by atoms with Crippen molar-refractivity contribution >= 4 is 27.6 Å². The van der Waals surface area contributed by atoms with Crippen molar-refractivity contribution in [2.75, 3.05) is 18.5 Å². The molecule has 0 aliphatic carbocycles. The largest absolute Gasteiger partial charge is 0.478 e. The van der Waals surface area contributed by atoms with Gasteiger partial charge in [0.25, 0.3) is 0 Å². The quantitative estimate of drug-likeness (QED) is 0.658. The minimum Gasteiger partial charge on any atom is -0.478 e. The third-order valence-corrected chi connectivity index (χ3v) is 2.84. The van der Waals surface area contributed by atoms with Gasteiger partial charge in [-0.2, -0.15) is 0 Å². The monoisotopic (exact) mass is 303 g/mol. The van der Waals surface area contributed by atoms with Crippen molar-refractivity contribution in [1.82, 2.24) is 0 Å². The molecule has 1 aromatic rings. The van der Waals surface area contributed by atoms with E-state index in [1.165, 1.54) is 6.07 Å². The number of rotatable bonds is 5. The molecule has 0 aliphatic heterocycles. The van der Waals surface area contributed by atoms with Crippen LogP contribution in [0.5, 0.6) is 0 Å². The Balaban J connectivity index is 3.10. The van der Waals surface area contributed by atoms with Gasteiger partial charge in [0.2, 0.25) is 0 Å². The highest BCUT2D eigenvalue weighted by Crippen LogP contribution is 2.24. The van der Waals surface area contributed by atoms with Crippen molar-refractivity contribution in [3.63, 3.8) is 0 Å². The summed E-state index contributed by atoms with van der Waals surface area (Å²) in [5.41, 5.74) is -0.531. The molecule has 1 rings (SSSR count). The number of carbonyl (C=O) groups is 1. The maximum atomic E-state index is 11.1. The Labute approximate surface area is 107 Å². The molecule has 0 atom stereocenters. The zero-order valence-electron chi connectivity index (χ0n) is 9.27. The lowest BCUT2D eigenvalue weighted by molar-refractivity contribution is 0.0697. The van der Waals surface area contributed by atoms with E-state index in [1.54, 1.807) is 19.1 Å². The summed E-state index contributed by atoms with van der Waals surface area (Å²) in [4.78, 5) is 11.1. The van der Waals surface area contributed by atoms with Crippen molar-refractivity contribution < 1.29 is 20.1 Å². The summed E-state index contributed by atoms with van der Waals surface area (Å²) in [6, 6.07) is 4.72. The second-order valence-electron chi connectivity index (χ2n) is 4.00. The van der Waals surface area contributed by atoms with Crippen LogP contribution in [0, 0.1) is 0 Å². The topological polar surface area (TPSA) is 89.8 Å². The number of hydrogen-bond acceptors (Lipinski definition) is 4. The van der Waals surface area contributed by atoms with Crippen LogP contribution in [-0.4, -0.2) is 40.0 Å². The van der Waals surface area contributed by atoms with Crippen LogP contribution in [0.25, 0.3) is 0 Å². The van der Waals surface area contributed by atoms with Gasteiger partial charge >= 0.3 is 5.97 Å². The fourth-order valence-corrected chi connectivity index (χ4v) is 1.62. The number of benzene rings is 1. The fourth-order valence-electron chi connectivity index (χ4n) is 1.26. The third-order valence-electron chi connectivity index (χ3n) is 2.35. The normalized spacial score (nSPS) is 11.3. The van der Waals surface area contributed by atoms with E-state index in [-0.39, 0.29) is 18.8 Å². The van der Waals surface area contributed by atoms with Crippen molar-refractivity contribution in [2.24, 2.45) is 0 Å². The van der Waals surface area contributed by atoms with Gasteiger partial charge in [-0.3, -0.25) is 0 Å². The van der Waals surface area contributed by atoms with Gasteiger partial charge < -0.3 is 20.6 Å². The number of aliphatic hydroxyl groups is 2. The van der Waals surface area contributed by atoms with Crippen LogP contribution in [-0.2, 0) is 0 Å². The second-order valence-corrected chi connectivity index (χ2v) is 4.91. The van der Waals surface area contributed by atoms with Crippen LogP contribution in [0.15, 0.2) is 22.7 Å². The molecular formula is C11H14BrNO4. The number of halogens is 1. The second kappa shape index (κ2) is 5.48. The predicted molar refractivity (Wildman–Crippen MR) is 67.3 cm³/mol. The number of hydrogen-bond donors (Lipinski definition) is 4. The summed E-state index contributed by atoms with van der Waals surface area (Å²) in [7, 11) is 0. The number of aromatic carboxylic acids is 1. The smallest absolute Gasteiger partial charge is 0.337 e. The summed E-state index contributed by atoms with van der Waals surface area (Å²) in [6.45, 7) is 0.984. The molecular weight excluding hydrogens is 290 g/mol. The van der Waals surface area contributed by atoms with E-state index < -0.39 is 11.5 Å². The van der Waals surface area contributed by atoms with Gasteiger partial charge in [-0.25, -0.2) is 4.79 Å². The molecule has 0 radical (unpaired) electrons. The van der Waals surface area contributed by atoms with Crippen LogP contribution >= 0.6 is 15.9 Å². The Hall–Kier alpha value is -1.11. The molecule has 0 heterocycles. The van der Waals surface area contributed by atoms with Gasteiger partial charge in [0.15, 0.2) is 0 Å². The lowest BCUT2D eigenvalue weighted by Crippen LogP contribution is -2.42. The number of carboxylic acid groups (broad SMARTS) is 1. The lowest BCUT2D eigenvalue weighted by Gasteiger charge is -2.28. The summed E-state index contributed by atoms with van der Waals surface area (Å²) in [5.74, 6) is -1.08. The summed E-state index contributed by atoms with van der Waals surface area (Å²) < 4.78 is 0.648. The fraction of sp³-hybridized carbons (Fsp3) is 0.364. The molecule has 0 bridgehead atoms. The van der Waals surface area contributed by atoms with E-state index in [0.717, 1.165) is 0 Å². The number of carboxylic acids is 1. The van der Waals surface area contributed by atoms with Crippen LogP contribution < -0.4 is 5.32 Å². The van der Waals surface area contributed by atoms with Gasteiger partial charge in [-0.15, -0.1) is 0 Å². The summed E-state index contributed by atoms with van der Waals surface area (Å²) >= 11 is 3.19. The first-order valence-electron chi connectivity index (χ1n) is 4.94. The Bertz CT molecular complexity index is 418. The van der Waals surface area contributed by atoms with Crippen molar-refractivity contribution in [3.05, 3.63) is 28.2 Å². The van der Waals surface area contributed by atoms with E-state index in [2.05, 4.69) is 21.2 Å². The Morgan fingerprint density at radius 2 is 2.00 bits per heavy atom. The minimum absolute atomic E-state index is 0.0764. The highest BCUT2D eigenvalue weighted by Gasteiger charge is 2.24. The van der Waals surface area contributed by atoms with E-state index in [0.29, 0.717) is 10.2 Å². The van der Waals surface area contributed by atoms with Crippen molar-refractivity contribution in [2.45, 2.75) is 12.5 Å². The maximum absolute atomic E-state index is 11.1. The van der Waals surface area contributed by atoms with Crippen molar-refractivity contribution in [1.29, 1.82) is 0 Å². The van der Waals surface area contributed by atoms with Gasteiger partial charge in [-0.1, -0.05) is 15.9 Å². The van der Waals surface area contributed by atoms with E-state index in [4.69, 9.17) is 15.3 Å². The van der Waals surface area contributed by atoms with Gasteiger partial charge in [-0.05, 0) is 25.1 Å². The van der Waals surface area contributed by atoms with Crippen molar-refractivity contribution in [3.8, 4) is 0 Å². The number of anilines is 1. The van der Waals surface area contributed by atoms with Crippen LogP contribution in [0.2, 0.25) is 0 Å². The molecule has 0 saturated heterocycles. The molecule has 0 saturated carbocycles. The molecule has 4 N–H and O–H groups in total. The number of aliphatic hydroxyl groups excluding tert-OH is 2. The standard InChI is InChI=1S/C11H14BrNO4/c1-11(5-14,6-15)13-9-3-2-7(12)4-8(9)10(16)17/h2-4,13-15H,5-6H2,1H3,(H,16,17). The third kappa shape index (κ3) is 3.42. The first-order valence-corrected chi connectivity index (χ1v) is 5.74. The Morgan fingerprint density at radius 1 is 1.41 bits per heavy atom. The molecule has 0 amide bonds. The SMILES string of the molecule is CC(CO)(CO)Nc1ccc(Br)cc1C(=O)O. The zero-order valence-corrected chi connectivity index (χ0v) is 10.9. The molecule has 0 aromatic heterocycles. The average molecular weight is 304 g/mol. The molecule has 5 nitrogen and oxygen atoms in total. The molecule has 0 fully saturated rings. The predicted octanol–water partition coefficient (Wildman–Crippen LogP) is 1.30. The maximum Gasteiger partial charge on any atom is 0.337 e. The zero-order chi connectivity index (χ0) is 13.1. The summed E-state index contributed by atoms with van der Waals surface area (Å²) in [6.07, 6.45) is 0. The average Bonchev–Trinajstić information content (AvgIpc) is 2.31. The first kappa shape index (κ1) is 14.0. The Kier molecular flexibility index (Phi) is 4.50. The minimum atomic E-state index is -1.08. The molecule has 1 aromatic carbocycles. The van der Waals surface area contributed by atoms with Crippen LogP contribution in [0.4, 0.5) is 5.69 Å². The highest BCUT2D eigenvalue weighted by molar-refractivity contribution is 9.10. The highest BCUT2D eigenvalue weighted by atomic mass is 79.9. The molecule has 0 aliphatic rings. The molecule has 0 unspecified atom stereocenters. The van der Waals surface area contributed by atoms with Gasteiger partial charge in [0.05, 0.1) is 24.3 Å². The van der Waals surface area contributed by atoms with Gasteiger partial charge in [0, 0.05) is 10.2 Å². The van der Waals surface area contributed by atoms with Gasteiger partial charge in [0.1, 0.15) is 0 Å². The van der Waals surface area contributed by atoms with Crippen LogP contribution in [0.1, 0.15) is 17.3 Å². The van der Waals surface area contributed by atoms with Crippen LogP contribution in [0.3, 0.4) is 0 Å². The van der Waals surface area contributed by atoms with E-state index in [9.17, 15) is 4.79 Å². The molecule has 94 valence electrons. The molecule has 0 spiro atoms. The summed E-state index contributed by atoms with van der Waals surface area (Å²) in [5, 5.41) is 30.2. The first-order chi connectivity index (χ1) is 7.91. The molecule has 17 heavy (non-hydrogen) atoms. The Morgan fingerprint density at radius 3 is 2.47 bits per heavy atom. The molecule has 6 heteroatoms. The van der Waals surface area contributed by atoms with E-state index >= 15 is 0 Å². The lowest BCUT2D eigenvalue weighted by atomic mass is 10.0. The number of nitrogens with one attached hydrogen (secondary N) is 1. The van der Waals surface area contributed by atoms with E-state index in [1.807, 2.05) is 0 Å².